The van der Waals surface area contributed by atoms with Gasteiger partial charge in [-0.25, -0.2) is 19.2 Å². The van der Waals surface area contributed by atoms with Gasteiger partial charge in [0.05, 0.1) is 48.7 Å². The van der Waals surface area contributed by atoms with Crippen molar-refractivity contribution in [3.05, 3.63) is 119 Å². The Kier molecular flexibility index (Phi) is 38.8. The second-order valence-corrected chi connectivity index (χ2v) is 23.2. The molecule has 0 atom stereocenters. The van der Waals surface area contributed by atoms with Crippen LogP contribution in [-0.4, -0.2) is 76.7 Å². The van der Waals surface area contributed by atoms with Gasteiger partial charge in [-0.2, -0.15) is 0 Å². The molecule has 0 bridgehead atoms. The van der Waals surface area contributed by atoms with Crippen molar-refractivity contribution in [1.82, 2.24) is 0 Å². The van der Waals surface area contributed by atoms with Crippen LogP contribution in [0.3, 0.4) is 0 Å². The van der Waals surface area contributed by atoms with Crippen LogP contribution < -0.4 is 18.9 Å². The molecule has 0 saturated carbocycles. The molecular formula is C73H108O12. The first-order chi connectivity index (χ1) is 41.7. The van der Waals surface area contributed by atoms with Crippen molar-refractivity contribution in [2.24, 2.45) is 5.41 Å². The maximum atomic E-state index is 13.9. The fraction of sp³-hybridized carbons (Fsp3) is 0.616. The number of carbonyl (C=O) groups is 4. The van der Waals surface area contributed by atoms with Crippen LogP contribution in [0.2, 0.25) is 0 Å². The van der Waals surface area contributed by atoms with E-state index in [1.165, 1.54) is 154 Å². The molecule has 0 aliphatic rings. The molecule has 0 aliphatic heterocycles. The second-order valence-electron chi connectivity index (χ2n) is 23.2. The summed E-state index contributed by atoms with van der Waals surface area (Å²) in [5.41, 5.74) is -0.582. The van der Waals surface area contributed by atoms with Crippen LogP contribution in [-0.2, 0) is 18.9 Å². The van der Waals surface area contributed by atoms with Gasteiger partial charge in [-0.3, -0.25) is 0 Å². The zero-order chi connectivity index (χ0) is 60.7. The van der Waals surface area contributed by atoms with Crippen molar-refractivity contribution in [2.75, 3.05) is 52.9 Å². The standard InChI is InChI=1S/C73H108O12/c1-5-9-13-17-21-25-29-33-53-78-65-45-37-61(38-46-65)69(74)82-57-73(58-83-70(75)62-39-47-66(48-40-62)79-54-34-30-26-22-18-14-10-6-2,59-84-71(76)63-41-49-67(50-42-63)80-55-35-31-27-23-19-15-11-7-3)60-85-72(77)64-43-51-68(52-44-64)81-56-36-32-28-24-20-16-12-8-4/h37-52H,5-36,53-60H2,1-4H3. The van der Waals surface area contributed by atoms with E-state index < -0.39 is 55.7 Å². The second kappa shape index (κ2) is 46.2. The Morgan fingerprint density at radius 1 is 0.247 bits per heavy atom. The Balaban J connectivity index is 1.49. The topological polar surface area (TPSA) is 142 Å². The zero-order valence-corrected chi connectivity index (χ0v) is 52.9. The van der Waals surface area contributed by atoms with Gasteiger partial charge in [-0.05, 0) is 123 Å². The minimum atomic E-state index is -1.58. The lowest BCUT2D eigenvalue weighted by Crippen LogP contribution is -2.44. The average molecular weight is 1180 g/mol. The van der Waals surface area contributed by atoms with Crippen LogP contribution in [0.1, 0.15) is 275 Å². The number of esters is 4. The Bertz CT molecular complexity index is 2000. The van der Waals surface area contributed by atoms with Gasteiger partial charge >= 0.3 is 23.9 Å². The summed E-state index contributed by atoms with van der Waals surface area (Å²) in [7, 11) is 0. The van der Waals surface area contributed by atoms with E-state index in [2.05, 4.69) is 27.7 Å². The average Bonchev–Trinajstić information content (AvgIpc) is 3.64. The molecule has 4 aromatic rings. The van der Waals surface area contributed by atoms with E-state index in [9.17, 15) is 19.2 Å². The molecule has 12 heteroatoms. The van der Waals surface area contributed by atoms with Crippen LogP contribution in [0.15, 0.2) is 97.1 Å². The summed E-state index contributed by atoms with van der Waals surface area (Å²) >= 11 is 0. The highest BCUT2D eigenvalue weighted by Gasteiger charge is 2.39. The number of hydrogen-bond acceptors (Lipinski definition) is 12. The summed E-state index contributed by atoms with van der Waals surface area (Å²) in [6.45, 7) is 9.36. The summed E-state index contributed by atoms with van der Waals surface area (Å²) in [6, 6.07) is 26.8. The fourth-order valence-electron chi connectivity index (χ4n) is 9.91. The van der Waals surface area contributed by atoms with Crippen molar-refractivity contribution in [1.29, 1.82) is 0 Å². The van der Waals surface area contributed by atoms with Crippen LogP contribution in [0.25, 0.3) is 0 Å². The first kappa shape index (κ1) is 71.4. The summed E-state index contributed by atoms with van der Waals surface area (Å²) in [5, 5.41) is 0. The Morgan fingerprint density at radius 3 is 0.588 bits per heavy atom. The summed E-state index contributed by atoms with van der Waals surface area (Å²) < 4.78 is 48.0. The molecule has 4 rings (SSSR count). The Morgan fingerprint density at radius 2 is 0.412 bits per heavy atom. The lowest BCUT2D eigenvalue weighted by atomic mass is 9.92. The molecule has 472 valence electrons. The molecule has 0 radical (unpaired) electrons. The van der Waals surface area contributed by atoms with Crippen LogP contribution in [0, 0.1) is 5.41 Å². The maximum absolute atomic E-state index is 13.9. The minimum absolute atomic E-state index is 0.249. The van der Waals surface area contributed by atoms with E-state index in [1.54, 1.807) is 97.1 Å². The van der Waals surface area contributed by atoms with Crippen molar-refractivity contribution in [2.45, 2.75) is 233 Å². The van der Waals surface area contributed by atoms with Crippen LogP contribution in [0.5, 0.6) is 23.0 Å². The monoisotopic (exact) mass is 1180 g/mol. The van der Waals surface area contributed by atoms with Crippen molar-refractivity contribution >= 4 is 23.9 Å². The van der Waals surface area contributed by atoms with Gasteiger partial charge < -0.3 is 37.9 Å². The highest BCUT2D eigenvalue weighted by atomic mass is 16.6. The molecule has 0 N–H and O–H groups in total. The smallest absolute Gasteiger partial charge is 0.338 e. The van der Waals surface area contributed by atoms with Crippen molar-refractivity contribution in [3.63, 3.8) is 0 Å². The summed E-state index contributed by atoms with van der Waals surface area (Å²) in [6.07, 6.45) is 38.2. The molecule has 0 aliphatic carbocycles. The van der Waals surface area contributed by atoms with E-state index in [1.807, 2.05) is 0 Å². The highest BCUT2D eigenvalue weighted by Crippen LogP contribution is 2.27. The first-order valence-electron chi connectivity index (χ1n) is 33.3. The largest absolute Gasteiger partial charge is 0.494 e. The molecule has 0 aromatic heterocycles. The first-order valence-corrected chi connectivity index (χ1v) is 33.3. The number of ether oxygens (including phenoxy) is 8. The molecule has 85 heavy (non-hydrogen) atoms. The Labute approximate surface area is 512 Å². The molecular weight excluding hydrogens is 1070 g/mol. The maximum Gasteiger partial charge on any atom is 0.338 e. The molecule has 0 saturated heterocycles. The lowest BCUT2D eigenvalue weighted by Gasteiger charge is -2.31. The quantitative estimate of drug-likeness (QED) is 0.0236. The molecule has 12 nitrogen and oxygen atoms in total. The molecule has 4 aromatic carbocycles. The van der Waals surface area contributed by atoms with E-state index in [4.69, 9.17) is 37.9 Å². The highest BCUT2D eigenvalue weighted by molar-refractivity contribution is 5.91. The van der Waals surface area contributed by atoms with E-state index >= 15 is 0 Å². The summed E-state index contributed by atoms with van der Waals surface area (Å²) in [5.74, 6) is -0.205. The normalized spacial score (nSPS) is 11.2. The van der Waals surface area contributed by atoms with Crippen LogP contribution in [0.4, 0.5) is 0 Å². The number of unbranched alkanes of at least 4 members (excludes halogenated alkanes) is 28. The molecule has 0 unspecified atom stereocenters. The SMILES string of the molecule is CCCCCCCCCCOc1ccc(C(=O)OCC(COC(=O)c2ccc(OCCCCCCCCCC)cc2)(COC(=O)c2ccc(OCCCCCCCCCC)cc2)COC(=O)c2ccc(OCCCCCCCCCC)cc2)cc1. The van der Waals surface area contributed by atoms with Gasteiger partial charge in [0.1, 0.15) is 54.8 Å². The number of benzene rings is 4. The van der Waals surface area contributed by atoms with E-state index in [-0.39, 0.29) is 22.3 Å². The van der Waals surface area contributed by atoms with Gasteiger partial charge in [0.25, 0.3) is 0 Å². The zero-order valence-electron chi connectivity index (χ0n) is 52.9. The van der Waals surface area contributed by atoms with Crippen molar-refractivity contribution < 1.29 is 57.1 Å². The molecule has 0 amide bonds. The van der Waals surface area contributed by atoms with Gasteiger partial charge in [-0.1, -0.05) is 207 Å². The minimum Gasteiger partial charge on any atom is -0.494 e. The third-order valence-electron chi connectivity index (χ3n) is 15.5. The van der Waals surface area contributed by atoms with Gasteiger partial charge in [-0.15, -0.1) is 0 Å². The third-order valence-corrected chi connectivity index (χ3v) is 15.5. The summed E-state index contributed by atoms with van der Waals surface area (Å²) in [4.78, 5) is 55.6. The third kappa shape index (κ3) is 32.3. The van der Waals surface area contributed by atoms with E-state index in [0.29, 0.717) is 49.4 Å². The predicted molar refractivity (Wildman–Crippen MR) is 342 cm³/mol. The molecule has 0 fully saturated rings. The fourth-order valence-corrected chi connectivity index (χ4v) is 9.91. The van der Waals surface area contributed by atoms with Crippen molar-refractivity contribution in [3.8, 4) is 23.0 Å². The Hall–Kier alpha value is -6.04. The van der Waals surface area contributed by atoms with Gasteiger partial charge in [0, 0.05) is 0 Å². The van der Waals surface area contributed by atoms with Gasteiger partial charge in [0.2, 0.25) is 0 Å². The predicted octanol–water partition coefficient (Wildman–Crippen LogP) is 19.5. The van der Waals surface area contributed by atoms with Gasteiger partial charge in [0.15, 0.2) is 0 Å². The molecule has 0 heterocycles. The van der Waals surface area contributed by atoms with Crippen LogP contribution >= 0.6 is 0 Å². The molecule has 0 spiro atoms. The lowest BCUT2D eigenvalue weighted by molar-refractivity contribution is -0.0642. The number of carbonyl (C=O) groups excluding carboxylic acids is 4. The number of hydrogen-bond donors (Lipinski definition) is 0. The number of rotatable bonds is 52. The van der Waals surface area contributed by atoms with E-state index in [0.717, 1.165) is 51.4 Å².